The number of imidazole rings is 1. The maximum absolute atomic E-state index is 13.9. The lowest BCUT2D eigenvalue weighted by molar-refractivity contribution is -0.121. The van der Waals surface area contributed by atoms with Crippen LogP contribution in [-0.2, 0) is 23.1 Å². The average Bonchev–Trinajstić information content (AvgIpc) is 3.84. The van der Waals surface area contributed by atoms with E-state index in [2.05, 4.69) is 30.7 Å². The van der Waals surface area contributed by atoms with Crippen LogP contribution in [-0.4, -0.2) is 113 Å². The van der Waals surface area contributed by atoms with Crippen LogP contribution in [0.3, 0.4) is 0 Å². The lowest BCUT2D eigenvalue weighted by Crippen LogP contribution is -2.40. The molecule has 6 atom stereocenters. The second-order valence-electron chi connectivity index (χ2n) is 15.3. The molecule has 11 N–H and O–H groups in total. The van der Waals surface area contributed by atoms with Gasteiger partial charge in [-0.3, -0.25) is 28.3 Å². The Bertz CT molecular complexity index is 2810. The Morgan fingerprint density at radius 2 is 1.80 bits per heavy atom. The van der Waals surface area contributed by atoms with E-state index in [4.69, 9.17) is 41.9 Å². The van der Waals surface area contributed by atoms with Gasteiger partial charge in [0.2, 0.25) is 5.91 Å². The minimum Gasteiger partial charge on any atom is -0.508 e. The fourth-order valence-electron chi connectivity index (χ4n) is 7.33. The van der Waals surface area contributed by atoms with E-state index in [-0.39, 0.29) is 56.8 Å². The average molecular weight is 966 g/mol. The number of hydrogen-bond donors (Lipinski definition) is 9. The molecule has 3 aliphatic rings. The number of nitrogens with two attached hydrogens (primary N) is 2. The summed E-state index contributed by atoms with van der Waals surface area (Å²) in [6.07, 6.45) is 1.82. The first-order chi connectivity index (χ1) is 31.7. The number of nitrogen functional groups attached to an aromatic ring is 1. The second-order valence-corrected chi connectivity index (χ2v) is 18.4. The van der Waals surface area contributed by atoms with E-state index in [0.29, 0.717) is 72.2 Å². The molecule has 0 saturated carbocycles. The van der Waals surface area contributed by atoms with Gasteiger partial charge < -0.3 is 51.7 Å². The number of fused-ring (bicyclic) bond motifs is 3. The van der Waals surface area contributed by atoms with Crippen molar-refractivity contribution in [1.82, 2.24) is 29.9 Å². The van der Waals surface area contributed by atoms with Crippen LogP contribution in [0.2, 0.25) is 0 Å². The molecular weight excluding hydrogens is 918 g/mol. The summed E-state index contributed by atoms with van der Waals surface area (Å²) in [4.78, 5) is 49.9. The Balaban J connectivity index is 0.905. The summed E-state index contributed by atoms with van der Waals surface area (Å²) >= 11 is 6.98. The highest BCUT2D eigenvalue weighted by atomic mass is 32.2. The maximum atomic E-state index is 13.9. The number of phenols is 1. The van der Waals surface area contributed by atoms with Crippen molar-refractivity contribution in [3.8, 4) is 28.2 Å². The molecule has 66 heavy (non-hydrogen) atoms. The molecule has 2 aliphatic heterocycles. The van der Waals surface area contributed by atoms with Crippen molar-refractivity contribution >= 4 is 82.4 Å². The number of nitrogens with zero attached hydrogens (tertiary/aromatic N) is 4. The second kappa shape index (κ2) is 21.3. The molecule has 1 aliphatic carbocycles. The lowest BCUT2D eigenvalue weighted by Gasteiger charge is -2.23. The van der Waals surface area contributed by atoms with Crippen LogP contribution >= 0.6 is 31.7 Å². The van der Waals surface area contributed by atoms with E-state index in [1.54, 1.807) is 24.3 Å². The smallest absolute Gasteiger partial charge is 0.435 e. The maximum Gasteiger partial charge on any atom is 0.435 e. The molecule has 1 saturated heterocycles. The van der Waals surface area contributed by atoms with E-state index in [9.17, 15) is 39.4 Å². The highest BCUT2D eigenvalue weighted by molar-refractivity contribution is 7.98. The number of aromatic hydroxyl groups is 1. The number of carbonyl (C=O) groups excluding carboxylic acids is 1. The van der Waals surface area contributed by atoms with Crippen LogP contribution in [0.15, 0.2) is 76.5 Å². The monoisotopic (exact) mass is 965 g/mol. The fraction of sp³-hybridized carbons (Fsp3) is 0.357. The van der Waals surface area contributed by atoms with Gasteiger partial charge in [-0.25, -0.2) is 24.3 Å². The normalized spacial score (nSPS) is 18.6. The summed E-state index contributed by atoms with van der Waals surface area (Å²) in [5.74, 6) is -1.07. The van der Waals surface area contributed by atoms with Gasteiger partial charge in [-0.15, -0.1) is 0 Å². The summed E-state index contributed by atoms with van der Waals surface area (Å²) in [5, 5.41) is 51.4. The number of thioether (sulfide) groups is 1. The fourth-order valence-corrected chi connectivity index (χ4v) is 9.39. The van der Waals surface area contributed by atoms with Gasteiger partial charge in [0.25, 0.3) is 0 Å². The number of aromatic nitrogens is 4. The highest BCUT2D eigenvalue weighted by Gasteiger charge is 2.46. The van der Waals surface area contributed by atoms with Crippen molar-refractivity contribution in [2.75, 3.05) is 42.8 Å². The molecule has 2 aromatic carbocycles. The molecule has 4 heterocycles. The number of benzene rings is 3. The molecule has 350 valence electrons. The van der Waals surface area contributed by atoms with Crippen LogP contribution in [0.25, 0.3) is 44.6 Å². The van der Waals surface area contributed by atoms with Gasteiger partial charge in [-0.1, -0.05) is 18.9 Å². The molecule has 2 aromatic heterocycles. The zero-order valence-corrected chi connectivity index (χ0v) is 37.9. The van der Waals surface area contributed by atoms with Gasteiger partial charge >= 0.3 is 13.7 Å². The van der Waals surface area contributed by atoms with Crippen LogP contribution in [0.5, 0.6) is 5.75 Å². The zero-order chi connectivity index (χ0) is 47.1. The molecular formula is C42H48N9O12PS2. The number of carboxylic acid groups (broad SMARTS) is 1. The standard InChI is InChI=1S/C42H48N9O12PS2/c1-66-15-12-29(43)39(56)50-64(59,61-19-32-35(54)36(55)40(63-32)51-21-48-34-37(44)46-20-47-38(34)51)60-14-5-3-2-4-13-45-42(65)49-22-6-9-25(28(16-22)41(57)58)33-26-10-7-23(52)17-30(26)62-31-18-24(53)8-11-27(31)33/h6-11,16-18,20-21,29,32,35-36,40,52,54-55H,2-5,12-15,19,43H2,1H3,(H,57,58)(H2,44,46,47)(H2,45,49,65)(H,50,56,59)/t29-,32+,35+,36+,40+,64?/m0/s1. The minimum atomic E-state index is -4.36. The summed E-state index contributed by atoms with van der Waals surface area (Å²) in [6.45, 7) is -0.139. The Hall–Kier alpha value is -5.75. The molecule has 24 heteroatoms. The highest BCUT2D eigenvalue weighted by Crippen LogP contribution is 2.46. The van der Waals surface area contributed by atoms with Crippen molar-refractivity contribution in [2.45, 2.75) is 62.7 Å². The predicted octanol–water partition coefficient (Wildman–Crippen LogP) is 4.19. The lowest BCUT2D eigenvalue weighted by atomic mass is 9.90. The largest absolute Gasteiger partial charge is 0.508 e. The molecule has 0 spiro atoms. The molecule has 7 rings (SSSR count). The first-order valence-electron chi connectivity index (χ1n) is 20.7. The number of anilines is 2. The number of rotatable bonds is 20. The number of hydrogen-bond acceptors (Lipinski definition) is 18. The molecule has 0 bridgehead atoms. The number of amides is 1. The Kier molecular flexibility index (Phi) is 15.5. The number of phenolic OH excluding ortho intramolecular Hbond substituents is 1. The van der Waals surface area contributed by atoms with Crippen molar-refractivity contribution in [3.05, 3.63) is 83.0 Å². The van der Waals surface area contributed by atoms with E-state index in [1.165, 1.54) is 59.3 Å². The first-order valence-corrected chi connectivity index (χ1v) is 24.0. The zero-order valence-electron chi connectivity index (χ0n) is 35.4. The van der Waals surface area contributed by atoms with Crippen molar-refractivity contribution in [1.29, 1.82) is 0 Å². The van der Waals surface area contributed by atoms with Crippen LogP contribution in [0.4, 0.5) is 11.5 Å². The number of unbranched alkanes of at least 4 members (excludes halogenated alkanes) is 3. The Morgan fingerprint density at radius 1 is 1.02 bits per heavy atom. The van der Waals surface area contributed by atoms with Crippen LogP contribution < -0.4 is 32.6 Å². The number of carboxylic acids is 1. The predicted molar refractivity (Wildman–Crippen MR) is 250 cm³/mol. The molecule has 1 unspecified atom stereocenters. The SMILES string of the molecule is CSCC[C@H](N)C(=O)NP(=O)(OCCCCCCNC(=S)Nc1ccc(-c2c3ccc(=O)cc-3oc3cc(O)ccc23)c(C(=O)O)c1)OC[C@H]1O[C@@H](n2cnc3c(N)ncnc32)[C@H](O)[C@@H]1O. The summed E-state index contributed by atoms with van der Waals surface area (Å²) in [5.41, 5.74) is 14.2. The third-order valence-electron chi connectivity index (χ3n) is 10.7. The topological polar surface area (TPSA) is 322 Å². The number of aliphatic hydroxyl groups excluding tert-OH is 2. The first kappa shape index (κ1) is 48.2. The molecule has 1 fully saturated rings. The summed E-state index contributed by atoms with van der Waals surface area (Å²) < 4.78 is 38.4. The van der Waals surface area contributed by atoms with Gasteiger partial charge in [0.15, 0.2) is 28.2 Å². The third-order valence-corrected chi connectivity index (χ3v) is 13.1. The number of ether oxygens (including phenoxy) is 1. The van der Waals surface area contributed by atoms with E-state index >= 15 is 0 Å². The van der Waals surface area contributed by atoms with Crippen molar-refractivity contribution in [3.63, 3.8) is 0 Å². The number of aromatic carboxylic acids is 1. The summed E-state index contributed by atoms with van der Waals surface area (Å²) in [6, 6.07) is 12.5. The molecule has 21 nitrogen and oxygen atoms in total. The van der Waals surface area contributed by atoms with Gasteiger partial charge in [0, 0.05) is 40.9 Å². The summed E-state index contributed by atoms with van der Waals surface area (Å²) in [7, 11) is -4.36. The minimum absolute atomic E-state index is 0.0374. The van der Waals surface area contributed by atoms with E-state index < -0.39 is 56.8 Å². The third kappa shape index (κ3) is 11.1. The van der Waals surface area contributed by atoms with Crippen LogP contribution in [0, 0.1) is 0 Å². The number of carbonyl (C=O) groups is 2. The van der Waals surface area contributed by atoms with Crippen molar-refractivity contribution in [2.24, 2.45) is 5.73 Å². The molecule has 1 amide bonds. The van der Waals surface area contributed by atoms with Crippen molar-refractivity contribution < 1.29 is 52.8 Å². The number of aliphatic hydroxyl groups is 2. The van der Waals surface area contributed by atoms with Gasteiger partial charge in [-0.2, -0.15) is 11.8 Å². The van der Waals surface area contributed by atoms with E-state index in [1.807, 2.05) is 6.26 Å². The van der Waals surface area contributed by atoms with Crippen LogP contribution in [0.1, 0.15) is 48.7 Å². The Morgan fingerprint density at radius 3 is 2.59 bits per heavy atom. The quantitative estimate of drug-likeness (QED) is 0.0224. The molecule has 4 aromatic rings. The molecule has 0 radical (unpaired) electrons. The van der Waals surface area contributed by atoms with Gasteiger partial charge in [0.05, 0.1) is 31.1 Å². The number of thiocarbonyl (C=S) groups is 1. The number of nitrogens with one attached hydrogen (secondary N) is 3. The van der Waals surface area contributed by atoms with Gasteiger partial charge in [-0.05, 0) is 85.5 Å². The van der Waals surface area contributed by atoms with Gasteiger partial charge in [0.1, 0.15) is 47.2 Å². The Labute approximate surface area is 386 Å². The van der Waals surface area contributed by atoms with E-state index in [0.717, 1.165) is 0 Å².